The summed E-state index contributed by atoms with van der Waals surface area (Å²) in [6, 6.07) is 28.0. The zero-order valence-corrected chi connectivity index (χ0v) is 19.6. The van der Waals surface area contributed by atoms with Crippen LogP contribution in [0.3, 0.4) is 0 Å². The highest BCUT2D eigenvalue weighted by molar-refractivity contribution is 6.25. The Bertz CT molecular complexity index is 1540. The lowest BCUT2D eigenvalue weighted by molar-refractivity contribution is -0.122. The SMILES string of the molecule is O=C(N/N=C\C12c3ccccc3C(c3ccccc31)[C@H]1C(=O)N(c3ccccc3)C(=O)[C@@H]12)c1ccco1. The Kier molecular flexibility index (Phi) is 4.57. The summed E-state index contributed by atoms with van der Waals surface area (Å²) in [7, 11) is 0. The summed E-state index contributed by atoms with van der Waals surface area (Å²) in [4.78, 5) is 42.1. The predicted octanol–water partition coefficient (Wildman–Crippen LogP) is 4.25. The molecule has 1 aromatic heterocycles. The summed E-state index contributed by atoms with van der Waals surface area (Å²) in [6.07, 6.45) is 3.05. The first-order chi connectivity index (χ1) is 18.1. The van der Waals surface area contributed by atoms with Crippen molar-refractivity contribution in [3.05, 3.63) is 125 Å². The van der Waals surface area contributed by atoms with Crippen LogP contribution >= 0.6 is 0 Å². The maximum absolute atomic E-state index is 14.2. The molecule has 3 aromatic carbocycles. The number of rotatable bonds is 4. The summed E-state index contributed by atoms with van der Waals surface area (Å²) in [5, 5.41) is 4.37. The smallest absolute Gasteiger partial charge is 0.307 e. The summed E-state index contributed by atoms with van der Waals surface area (Å²) >= 11 is 0. The molecule has 4 aliphatic rings. The van der Waals surface area contributed by atoms with Gasteiger partial charge in [0, 0.05) is 12.1 Å². The van der Waals surface area contributed by atoms with Crippen molar-refractivity contribution >= 4 is 29.6 Å². The molecule has 1 saturated heterocycles. The van der Waals surface area contributed by atoms with Crippen LogP contribution in [0.5, 0.6) is 0 Å². The molecule has 8 rings (SSSR count). The number of nitrogens with one attached hydrogen (secondary N) is 1. The second kappa shape index (κ2) is 7.86. The molecule has 3 aliphatic carbocycles. The summed E-state index contributed by atoms with van der Waals surface area (Å²) in [5.41, 5.74) is 5.91. The van der Waals surface area contributed by atoms with Crippen LogP contribution in [-0.2, 0) is 15.0 Å². The average molecular weight is 488 g/mol. The van der Waals surface area contributed by atoms with Crippen LogP contribution in [0.15, 0.2) is 107 Å². The van der Waals surface area contributed by atoms with E-state index in [0.717, 1.165) is 22.3 Å². The number of carbonyl (C=O) groups excluding carboxylic acids is 3. The minimum atomic E-state index is -1.04. The van der Waals surface area contributed by atoms with Gasteiger partial charge in [0.05, 0.1) is 29.2 Å². The van der Waals surface area contributed by atoms with Crippen molar-refractivity contribution in [2.75, 3.05) is 4.90 Å². The zero-order valence-electron chi connectivity index (χ0n) is 19.6. The fourth-order valence-electron chi connectivity index (χ4n) is 6.54. The number of anilines is 1. The van der Waals surface area contributed by atoms with E-state index in [4.69, 9.17) is 4.42 Å². The van der Waals surface area contributed by atoms with Crippen molar-refractivity contribution in [3.8, 4) is 0 Å². The molecule has 1 N–H and O–H groups in total. The van der Waals surface area contributed by atoms with E-state index >= 15 is 0 Å². The van der Waals surface area contributed by atoms with Crippen molar-refractivity contribution < 1.29 is 18.8 Å². The highest BCUT2D eigenvalue weighted by Gasteiger charge is 2.68. The van der Waals surface area contributed by atoms with Gasteiger partial charge in [-0.2, -0.15) is 5.10 Å². The average Bonchev–Trinajstić information content (AvgIpc) is 3.57. The van der Waals surface area contributed by atoms with Crippen molar-refractivity contribution in [2.24, 2.45) is 16.9 Å². The number of carbonyl (C=O) groups is 3. The van der Waals surface area contributed by atoms with Crippen LogP contribution in [-0.4, -0.2) is 23.9 Å². The van der Waals surface area contributed by atoms with Crippen molar-refractivity contribution in [2.45, 2.75) is 11.3 Å². The fraction of sp³-hybridized carbons (Fsp3) is 0.133. The number of furan rings is 1. The molecule has 4 aromatic rings. The summed E-state index contributed by atoms with van der Waals surface area (Å²) in [6.45, 7) is 0. The van der Waals surface area contributed by atoms with Crippen molar-refractivity contribution in [1.29, 1.82) is 0 Å². The maximum atomic E-state index is 14.2. The van der Waals surface area contributed by atoms with Gasteiger partial charge in [-0.3, -0.25) is 14.4 Å². The van der Waals surface area contributed by atoms with E-state index in [1.54, 1.807) is 30.5 Å². The van der Waals surface area contributed by atoms with Crippen molar-refractivity contribution in [1.82, 2.24) is 5.43 Å². The van der Waals surface area contributed by atoms with Gasteiger partial charge in [0.15, 0.2) is 5.76 Å². The van der Waals surface area contributed by atoms with E-state index < -0.39 is 23.2 Å². The number of hydrogen-bond acceptors (Lipinski definition) is 5. The van der Waals surface area contributed by atoms with Crippen LogP contribution in [0.1, 0.15) is 38.7 Å². The molecule has 180 valence electrons. The van der Waals surface area contributed by atoms with E-state index in [1.165, 1.54) is 11.2 Å². The molecule has 0 saturated carbocycles. The van der Waals surface area contributed by atoms with Crippen LogP contribution in [0.2, 0.25) is 0 Å². The molecule has 0 unspecified atom stereocenters. The van der Waals surface area contributed by atoms with E-state index in [2.05, 4.69) is 10.5 Å². The van der Waals surface area contributed by atoms with Crippen LogP contribution < -0.4 is 10.3 Å². The van der Waals surface area contributed by atoms with Crippen LogP contribution in [0, 0.1) is 11.8 Å². The van der Waals surface area contributed by atoms with Crippen LogP contribution in [0.25, 0.3) is 0 Å². The molecule has 2 atom stereocenters. The summed E-state index contributed by atoms with van der Waals surface area (Å²) < 4.78 is 5.18. The van der Waals surface area contributed by atoms with Gasteiger partial charge < -0.3 is 4.42 Å². The minimum Gasteiger partial charge on any atom is -0.459 e. The Morgan fingerprint density at radius 3 is 2.14 bits per heavy atom. The van der Waals surface area contributed by atoms with E-state index in [1.807, 2.05) is 66.7 Å². The molecular formula is C30H21N3O4. The second-order valence-electron chi connectivity index (χ2n) is 9.55. The first-order valence-electron chi connectivity index (χ1n) is 12.1. The molecular weight excluding hydrogens is 466 g/mol. The van der Waals surface area contributed by atoms with Gasteiger partial charge in [0.25, 0.3) is 0 Å². The van der Waals surface area contributed by atoms with Gasteiger partial charge in [-0.25, -0.2) is 10.3 Å². The van der Waals surface area contributed by atoms with Gasteiger partial charge in [0.1, 0.15) is 0 Å². The molecule has 0 radical (unpaired) electrons. The maximum Gasteiger partial charge on any atom is 0.307 e. The lowest BCUT2D eigenvalue weighted by atomic mass is 9.47. The lowest BCUT2D eigenvalue weighted by Crippen LogP contribution is -2.54. The lowest BCUT2D eigenvalue weighted by Gasteiger charge is -2.52. The van der Waals surface area contributed by atoms with E-state index in [0.29, 0.717) is 5.69 Å². The Hall–Kier alpha value is -4.78. The first-order valence-corrected chi connectivity index (χ1v) is 12.1. The molecule has 37 heavy (non-hydrogen) atoms. The van der Waals surface area contributed by atoms with Gasteiger partial charge in [-0.1, -0.05) is 66.7 Å². The molecule has 1 aliphatic heterocycles. The monoisotopic (exact) mass is 487 g/mol. The van der Waals surface area contributed by atoms with E-state index in [9.17, 15) is 14.4 Å². The minimum absolute atomic E-state index is 0.128. The molecule has 2 bridgehead atoms. The first kappa shape index (κ1) is 21.5. The molecule has 3 amide bonds. The molecule has 7 nitrogen and oxygen atoms in total. The molecule has 2 heterocycles. The standard InChI is InChI=1S/C30H21N3O4/c34-27(23-15-8-16-37-23)32-31-17-30-21-13-6-4-11-19(21)24(20-12-5-7-14-22(20)30)25-26(30)29(36)33(28(25)35)18-9-2-1-3-10-18/h1-17,24-26H,(H,32,34)/b31-17-/t24?,25-,26-,30?/m1/s1. The van der Waals surface area contributed by atoms with Crippen LogP contribution in [0.4, 0.5) is 5.69 Å². The topological polar surface area (TPSA) is 92.0 Å². The van der Waals surface area contributed by atoms with Gasteiger partial charge in [-0.15, -0.1) is 0 Å². The normalized spacial score (nSPS) is 25.2. The van der Waals surface area contributed by atoms with Gasteiger partial charge >= 0.3 is 5.91 Å². The largest absolute Gasteiger partial charge is 0.459 e. The molecule has 0 spiro atoms. The highest BCUT2D eigenvalue weighted by Crippen LogP contribution is 2.63. The molecule has 7 heteroatoms. The highest BCUT2D eigenvalue weighted by atomic mass is 16.3. The third-order valence-corrected chi connectivity index (χ3v) is 7.88. The number of hydrogen-bond donors (Lipinski definition) is 1. The van der Waals surface area contributed by atoms with Crippen molar-refractivity contribution in [3.63, 3.8) is 0 Å². The number of amides is 3. The van der Waals surface area contributed by atoms with Gasteiger partial charge in [-0.05, 0) is 46.5 Å². The third kappa shape index (κ3) is 2.82. The quantitative estimate of drug-likeness (QED) is 0.265. The molecule has 1 fully saturated rings. The Balaban J connectivity index is 1.44. The predicted molar refractivity (Wildman–Crippen MR) is 136 cm³/mol. The van der Waals surface area contributed by atoms with Gasteiger partial charge in [0.2, 0.25) is 11.8 Å². The number of hydrazone groups is 1. The number of imide groups is 1. The zero-order chi connectivity index (χ0) is 25.1. The third-order valence-electron chi connectivity index (χ3n) is 7.88. The number of para-hydroxylation sites is 1. The number of benzene rings is 3. The fourth-order valence-corrected chi connectivity index (χ4v) is 6.54. The Labute approximate surface area is 212 Å². The Morgan fingerprint density at radius 1 is 0.838 bits per heavy atom. The second-order valence-corrected chi connectivity index (χ2v) is 9.55. The number of nitrogens with zero attached hydrogens (tertiary/aromatic N) is 2. The summed E-state index contributed by atoms with van der Waals surface area (Å²) in [5.74, 6) is -2.41. The van der Waals surface area contributed by atoms with E-state index in [-0.39, 0.29) is 23.5 Å². The Morgan fingerprint density at radius 2 is 1.49 bits per heavy atom.